The SMILES string of the molecule is CCc1ccc(C(O)c2cc(C)c(Br)s2)s1. The molecule has 0 amide bonds. The van der Waals surface area contributed by atoms with Gasteiger partial charge in [0.2, 0.25) is 0 Å². The minimum Gasteiger partial charge on any atom is -0.382 e. The van der Waals surface area contributed by atoms with Gasteiger partial charge in [0, 0.05) is 14.6 Å². The van der Waals surface area contributed by atoms with Crippen LogP contribution in [0.2, 0.25) is 0 Å². The Hall–Kier alpha value is -0.160. The summed E-state index contributed by atoms with van der Waals surface area (Å²) < 4.78 is 1.11. The highest BCUT2D eigenvalue weighted by Crippen LogP contribution is 2.36. The monoisotopic (exact) mass is 316 g/mol. The molecule has 2 aromatic heterocycles. The molecule has 1 N–H and O–H groups in total. The number of aryl methyl sites for hydroxylation is 2. The summed E-state index contributed by atoms with van der Waals surface area (Å²) in [6.07, 6.45) is 0.560. The highest BCUT2D eigenvalue weighted by molar-refractivity contribution is 9.11. The molecule has 0 aliphatic heterocycles. The molecule has 0 fully saturated rings. The van der Waals surface area contributed by atoms with E-state index in [0.29, 0.717) is 0 Å². The van der Waals surface area contributed by atoms with Gasteiger partial charge in [0.25, 0.3) is 0 Å². The van der Waals surface area contributed by atoms with E-state index in [0.717, 1.165) is 20.0 Å². The number of halogens is 1. The van der Waals surface area contributed by atoms with Crippen LogP contribution in [-0.4, -0.2) is 5.11 Å². The fourth-order valence-corrected chi connectivity index (χ4v) is 4.10. The van der Waals surface area contributed by atoms with Crippen molar-refractivity contribution in [2.24, 2.45) is 0 Å². The fourth-order valence-electron chi connectivity index (χ4n) is 1.49. The van der Waals surface area contributed by atoms with Gasteiger partial charge in [-0.1, -0.05) is 6.92 Å². The second-order valence-electron chi connectivity index (χ2n) is 3.67. The molecule has 0 radical (unpaired) electrons. The first-order chi connectivity index (χ1) is 7.61. The van der Waals surface area contributed by atoms with E-state index in [1.807, 2.05) is 19.1 Å². The number of rotatable bonds is 3. The molecule has 0 aliphatic rings. The molecule has 4 heteroatoms. The van der Waals surface area contributed by atoms with E-state index in [9.17, 15) is 5.11 Å². The molecule has 0 aliphatic carbocycles. The Morgan fingerprint density at radius 3 is 2.56 bits per heavy atom. The van der Waals surface area contributed by atoms with Crippen molar-refractivity contribution in [2.75, 3.05) is 0 Å². The molecule has 1 nitrogen and oxygen atoms in total. The molecule has 2 rings (SSSR count). The molecular formula is C12H13BrOS2. The first-order valence-corrected chi connectivity index (χ1v) is 7.57. The van der Waals surface area contributed by atoms with Gasteiger partial charge in [-0.05, 0) is 53.0 Å². The molecule has 0 spiro atoms. The normalized spacial score (nSPS) is 13.0. The van der Waals surface area contributed by atoms with Gasteiger partial charge >= 0.3 is 0 Å². The first kappa shape index (κ1) is 12.3. The lowest BCUT2D eigenvalue weighted by Gasteiger charge is -2.04. The van der Waals surface area contributed by atoms with Crippen LogP contribution < -0.4 is 0 Å². The Labute approximate surface area is 112 Å². The lowest BCUT2D eigenvalue weighted by atomic mass is 10.2. The number of aliphatic hydroxyl groups is 1. The summed E-state index contributed by atoms with van der Waals surface area (Å²) in [7, 11) is 0. The van der Waals surface area contributed by atoms with E-state index < -0.39 is 6.10 Å². The minimum absolute atomic E-state index is 0.472. The zero-order chi connectivity index (χ0) is 11.7. The van der Waals surface area contributed by atoms with Gasteiger partial charge in [0.1, 0.15) is 6.10 Å². The molecule has 86 valence electrons. The number of hydrogen-bond donors (Lipinski definition) is 1. The van der Waals surface area contributed by atoms with Gasteiger partial charge in [-0.15, -0.1) is 22.7 Å². The topological polar surface area (TPSA) is 20.2 Å². The van der Waals surface area contributed by atoms with Crippen LogP contribution in [0.25, 0.3) is 0 Å². The summed E-state index contributed by atoms with van der Waals surface area (Å²) in [5.41, 5.74) is 1.19. The van der Waals surface area contributed by atoms with Gasteiger partial charge in [0.15, 0.2) is 0 Å². The molecular weight excluding hydrogens is 304 g/mol. The summed E-state index contributed by atoms with van der Waals surface area (Å²) in [6, 6.07) is 6.17. The summed E-state index contributed by atoms with van der Waals surface area (Å²) in [5.74, 6) is 0. The highest BCUT2D eigenvalue weighted by Gasteiger charge is 2.16. The van der Waals surface area contributed by atoms with Crippen LogP contribution in [0.15, 0.2) is 22.0 Å². The fraction of sp³-hybridized carbons (Fsp3) is 0.333. The molecule has 16 heavy (non-hydrogen) atoms. The van der Waals surface area contributed by atoms with Crippen molar-refractivity contribution in [1.82, 2.24) is 0 Å². The van der Waals surface area contributed by atoms with Crippen molar-refractivity contribution >= 4 is 38.6 Å². The lowest BCUT2D eigenvalue weighted by molar-refractivity contribution is 0.228. The van der Waals surface area contributed by atoms with Crippen LogP contribution >= 0.6 is 38.6 Å². The van der Waals surface area contributed by atoms with Crippen molar-refractivity contribution in [1.29, 1.82) is 0 Å². The quantitative estimate of drug-likeness (QED) is 0.882. The Balaban J connectivity index is 2.27. The molecule has 0 bridgehead atoms. The summed E-state index contributed by atoms with van der Waals surface area (Å²) in [5, 5.41) is 10.2. The Morgan fingerprint density at radius 2 is 2.06 bits per heavy atom. The minimum atomic E-state index is -0.472. The molecule has 1 atom stereocenters. The van der Waals surface area contributed by atoms with E-state index in [-0.39, 0.29) is 0 Å². The predicted molar refractivity (Wildman–Crippen MR) is 74.5 cm³/mol. The van der Waals surface area contributed by atoms with Crippen LogP contribution in [0, 0.1) is 6.92 Å². The summed E-state index contributed by atoms with van der Waals surface area (Å²) >= 11 is 6.79. The van der Waals surface area contributed by atoms with Crippen LogP contribution in [-0.2, 0) is 6.42 Å². The maximum absolute atomic E-state index is 10.2. The van der Waals surface area contributed by atoms with Gasteiger partial charge < -0.3 is 5.11 Å². The third kappa shape index (κ3) is 2.40. The van der Waals surface area contributed by atoms with Crippen LogP contribution in [0.5, 0.6) is 0 Å². The van der Waals surface area contributed by atoms with E-state index in [2.05, 4.69) is 28.9 Å². The highest BCUT2D eigenvalue weighted by atomic mass is 79.9. The average molecular weight is 317 g/mol. The van der Waals surface area contributed by atoms with Crippen molar-refractivity contribution in [3.8, 4) is 0 Å². The lowest BCUT2D eigenvalue weighted by Crippen LogP contribution is -1.92. The van der Waals surface area contributed by atoms with Gasteiger partial charge in [-0.2, -0.15) is 0 Å². The van der Waals surface area contributed by atoms with Gasteiger partial charge in [-0.25, -0.2) is 0 Å². The van der Waals surface area contributed by atoms with Crippen molar-refractivity contribution < 1.29 is 5.11 Å². The van der Waals surface area contributed by atoms with Gasteiger partial charge in [-0.3, -0.25) is 0 Å². The Morgan fingerprint density at radius 1 is 1.31 bits per heavy atom. The number of aliphatic hydroxyl groups excluding tert-OH is 1. The number of hydrogen-bond acceptors (Lipinski definition) is 3. The Bertz CT molecular complexity index is 467. The predicted octanol–water partition coefficient (Wildman–Crippen LogP) is 4.52. The van der Waals surface area contributed by atoms with Crippen molar-refractivity contribution in [3.05, 3.63) is 42.2 Å². The molecule has 1 unspecified atom stereocenters. The van der Waals surface area contributed by atoms with E-state index in [4.69, 9.17) is 0 Å². The average Bonchev–Trinajstić information content (AvgIpc) is 2.86. The zero-order valence-corrected chi connectivity index (χ0v) is 12.4. The smallest absolute Gasteiger partial charge is 0.122 e. The van der Waals surface area contributed by atoms with E-state index in [1.165, 1.54) is 10.4 Å². The maximum Gasteiger partial charge on any atom is 0.122 e. The first-order valence-electron chi connectivity index (χ1n) is 5.14. The summed E-state index contributed by atoms with van der Waals surface area (Å²) in [6.45, 7) is 4.18. The molecule has 2 heterocycles. The molecule has 0 aromatic carbocycles. The van der Waals surface area contributed by atoms with Gasteiger partial charge in [0.05, 0.1) is 3.79 Å². The zero-order valence-electron chi connectivity index (χ0n) is 9.16. The third-order valence-corrected chi connectivity index (χ3v) is 5.92. The van der Waals surface area contributed by atoms with Crippen molar-refractivity contribution in [3.63, 3.8) is 0 Å². The van der Waals surface area contributed by atoms with Crippen LogP contribution in [0.1, 0.15) is 33.2 Å². The Kier molecular flexibility index (Phi) is 3.85. The molecule has 0 saturated carbocycles. The summed E-state index contributed by atoms with van der Waals surface area (Å²) in [4.78, 5) is 3.36. The number of thiophene rings is 2. The van der Waals surface area contributed by atoms with Crippen LogP contribution in [0.4, 0.5) is 0 Å². The standard InChI is InChI=1S/C12H13BrOS2/c1-3-8-4-5-9(15-8)11(14)10-6-7(2)12(13)16-10/h4-6,11,14H,3H2,1-2H3. The molecule has 0 saturated heterocycles. The largest absolute Gasteiger partial charge is 0.382 e. The second kappa shape index (κ2) is 5.00. The van der Waals surface area contributed by atoms with E-state index >= 15 is 0 Å². The van der Waals surface area contributed by atoms with Crippen LogP contribution in [0.3, 0.4) is 0 Å². The van der Waals surface area contributed by atoms with Crippen molar-refractivity contribution in [2.45, 2.75) is 26.4 Å². The maximum atomic E-state index is 10.2. The molecule has 2 aromatic rings. The van der Waals surface area contributed by atoms with E-state index in [1.54, 1.807) is 22.7 Å². The third-order valence-electron chi connectivity index (χ3n) is 2.45. The second-order valence-corrected chi connectivity index (χ2v) is 7.27.